The summed E-state index contributed by atoms with van der Waals surface area (Å²) in [5, 5.41) is 13.7. The van der Waals surface area contributed by atoms with Crippen LogP contribution < -0.4 is 15.4 Å². The number of methoxy groups -OCH3 is 1. The third kappa shape index (κ3) is 5.79. The molecule has 3 rings (SSSR count). The summed E-state index contributed by atoms with van der Waals surface area (Å²) in [6, 6.07) is 9.78. The van der Waals surface area contributed by atoms with E-state index >= 15 is 0 Å². The van der Waals surface area contributed by atoms with Gasteiger partial charge in [0.15, 0.2) is 0 Å². The highest BCUT2D eigenvalue weighted by Crippen LogP contribution is 2.32. The molecule has 0 atom stereocenters. The molecule has 3 aromatic rings. The average molecular weight is 508 g/mol. The minimum Gasteiger partial charge on any atom is -0.495 e. The second kappa shape index (κ2) is 11.3. The second-order valence-corrected chi connectivity index (χ2v) is 8.01. The number of halogens is 2. The number of nitrogens with one attached hydrogen (secondary N) is 3. The van der Waals surface area contributed by atoms with Crippen LogP contribution >= 0.6 is 11.6 Å². The van der Waals surface area contributed by atoms with Crippen molar-refractivity contribution in [1.82, 2.24) is 9.88 Å². The fourth-order valence-corrected chi connectivity index (χ4v) is 3.32. The number of hydrogen-bond acceptors (Lipinski definition) is 5. The predicted octanol–water partition coefficient (Wildman–Crippen LogP) is 4.65. The molecule has 0 aliphatic heterocycles. The van der Waals surface area contributed by atoms with Crippen LogP contribution in [-0.4, -0.2) is 48.2 Å². The Bertz CT molecular complexity index is 1370. The fraction of sp³-hybridized carbons (Fsp3) is 0.154. The molecule has 1 heterocycles. The lowest BCUT2D eigenvalue weighted by Gasteiger charge is -2.18. The second-order valence-electron chi connectivity index (χ2n) is 7.57. The zero-order valence-electron chi connectivity index (χ0n) is 19.8. The standard InChI is InChI=1S/C26H23ClFN5O3/c1-5-15-11-19(26(35)31-22-10-8-17(27)14-30-22)23(21(12-15)36-4)32-25(34)18-9-7-16(13-20(18)28)24(29)33(3)6-2/h1,7-14,29H,6H2,2-4H3,(H,32,34)(H,30,31,35). The molecular formula is C26H23ClFN5O3. The summed E-state index contributed by atoms with van der Waals surface area (Å²) in [7, 11) is 3.05. The van der Waals surface area contributed by atoms with Gasteiger partial charge in [0.1, 0.15) is 23.2 Å². The molecule has 36 heavy (non-hydrogen) atoms. The van der Waals surface area contributed by atoms with Gasteiger partial charge < -0.3 is 20.3 Å². The molecule has 0 aliphatic rings. The van der Waals surface area contributed by atoms with Crippen molar-refractivity contribution in [3.63, 3.8) is 0 Å². The Balaban J connectivity index is 1.97. The zero-order chi connectivity index (χ0) is 26.4. The molecule has 184 valence electrons. The van der Waals surface area contributed by atoms with Crippen LogP contribution in [0, 0.1) is 23.6 Å². The molecular weight excluding hydrogens is 485 g/mol. The number of amides is 2. The molecule has 0 saturated carbocycles. The number of amidine groups is 1. The molecule has 0 aliphatic carbocycles. The lowest BCUT2D eigenvalue weighted by molar-refractivity contribution is 0.102. The van der Waals surface area contributed by atoms with E-state index in [0.29, 0.717) is 22.7 Å². The number of terminal acetylenes is 1. The Morgan fingerprint density at radius 3 is 2.47 bits per heavy atom. The molecule has 8 nitrogen and oxygen atoms in total. The van der Waals surface area contributed by atoms with Crippen LogP contribution in [0.2, 0.25) is 5.02 Å². The third-order valence-corrected chi connectivity index (χ3v) is 5.51. The highest BCUT2D eigenvalue weighted by molar-refractivity contribution is 6.30. The number of aromatic nitrogens is 1. The van der Waals surface area contributed by atoms with Crippen molar-refractivity contribution in [3.8, 4) is 18.1 Å². The number of carbonyl (C=O) groups is 2. The van der Waals surface area contributed by atoms with Crippen LogP contribution in [0.1, 0.15) is 38.8 Å². The first-order valence-corrected chi connectivity index (χ1v) is 11.1. The molecule has 0 fully saturated rings. The van der Waals surface area contributed by atoms with E-state index in [2.05, 4.69) is 21.5 Å². The first-order valence-electron chi connectivity index (χ1n) is 10.7. The number of benzene rings is 2. The number of anilines is 2. The predicted molar refractivity (Wildman–Crippen MR) is 138 cm³/mol. The van der Waals surface area contributed by atoms with Gasteiger partial charge in [0.2, 0.25) is 0 Å². The van der Waals surface area contributed by atoms with E-state index in [0.717, 1.165) is 6.07 Å². The van der Waals surface area contributed by atoms with Gasteiger partial charge >= 0.3 is 0 Å². The highest BCUT2D eigenvalue weighted by atomic mass is 35.5. The smallest absolute Gasteiger partial charge is 0.259 e. The molecule has 2 amide bonds. The Hall–Kier alpha value is -4.42. The van der Waals surface area contributed by atoms with Gasteiger partial charge in [0.25, 0.3) is 11.8 Å². The lowest BCUT2D eigenvalue weighted by Crippen LogP contribution is -2.26. The van der Waals surface area contributed by atoms with Crippen LogP contribution in [-0.2, 0) is 0 Å². The van der Waals surface area contributed by atoms with Gasteiger partial charge in [-0.3, -0.25) is 15.0 Å². The Kier molecular flexibility index (Phi) is 8.25. The van der Waals surface area contributed by atoms with Crippen LogP contribution in [0.4, 0.5) is 15.9 Å². The lowest BCUT2D eigenvalue weighted by atomic mass is 10.0. The SMILES string of the molecule is C#Cc1cc(OC)c(NC(=O)c2ccc(C(=N)N(C)CC)cc2F)c(C(=O)Nc2ccc(Cl)cn2)c1. The van der Waals surface area contributed by atoms with Crippen LogP contribution in [0.25, 0.3) is 0 Å². The molecule has 1 aromatic heterocycles. The van der Waals surface area contributed by atoms with E-state index in [9.17, 15) is 14.0 Å². The Morgan fingerprint density at radius 1 is 1.17 bits per heavy atom. The van der Waals surface area contributed by atoms with E-state index < -0.39 is 17.6 Å². The van der Waals surface area contributed by atoms with Crippen LogP contribution in [0.15, 0.2) is 48.7 Å². The average Bonchev–Trinajstić information content (AvgIpc) is 2.88. The maximum absolute atomic E-state index is 14.9. The quantitative estimate of drug-likeness (QED) is 0.245. The molecule has 0 unspecified atom stereocenters. The van der Waals surface area contributed by atoms with Crippen molar-refractivity contribution in [3.05, 3.63) is 81.8 Å². The number of hydrogen-bond donors (Lipinski definition) is 3. The van der Waals surface area contributed by atoms with Crippen LogP contribution in [0.3, 0.4) is 0 Å². The maximum atomic E-state index is 14.9. The summed E-state index contributed by atoms with van der Waals surface area (Å²) < 4.78 is 20.2. The van der Waals surface area contributed by atoms with E-state index in [1.54, 1.807) is 18.0 Å². The van der Waals surface area contributed by atoms with Gasteiger partial charge in [-0.1, -0.05) is 23.6 Å². The summed E-state index contributed by atoms with van der Waals surface area (Å²) in [6.45, 7) is 2.43. The van der Waals surface area contributed by atoms with Crippen molar-refractivity contribution in [1.29, 1.82) is 5.41 Å². The first-order chi connectivity index (χ1) is 17.2. The molecule has 10 heteroatoms. The molecule has 0 radical (unpaired) electrons. The summed E-state index contributed by atoms with van der Waals surface area (Å²) in [4.78, 5) is 31.8. The summed E-state index contributed by atoms with van der Waals surface area (Å²) in [6.07, 6.45) is 6.89. The third-order valence-electron chi connectivity index (χ3n) is 5.28. The molecule has 0 saturated heterocycles. The van der Waals surface area contributed by atoms with Gasteiger partial charge in [0.05, 0.1) is 28.9 Å². The van der Waals surface area contributed by atoms with Crippen molar-refractivity contribution < 1.29 is 18.7 Å². The van der Waals surface area contributed by atoms with Crippen molar-refractivity contribution in [2.24, 2.45) is 0 Å². The van der Waals surface area contributed by atoms with Crippen LogP contribution in [0.5, 0.6) is 5.75 Å². The van der Waals surface area contributed by atoms with Gasteiger partial charge in [-0.2, -0.15) is 0 Å². The normalized spacial score (nSPS) is 10.2. The number of pyridine rings is 1. The topological polar surface area (TPSA) is 107 Å². The van der Waals surface area contributed by atoms with Crippen molar-refractivity contribution >= 4 is 40.8 Å². The molecule has 2 aromatic carbocycles. The van der Waals surface area contributed by atoms with E-state index in [1.165, 1.54) is 43.6 Å². The fourth-order valence-electron chi connectivity index (χ4n) is 3.21. The van der Waals surface area contributed by atoms with Gasteiger partial charge in [0, 0.05) is 30.9 Å². The van der Waals surface area contributed by atoms with E-state index in [1.807, 2.05) is 6.92 Å². The molecule has 0 spiro atoms. The van der Waals surface area contributed by atoms with Gasteiger partial charge in [-0.25, -0.2) is 9.37 Å². The minimum absolute atomic E-state index is 0.00472. The number of ether oxygens (including phenoxy) is 1. The number of carbonyl (C=O) groups excluding carboxylic acids is 2. The van der Waals surface area contributed by atoms with E-state index in [4.69, 9.17) is 28.2 Å². The Morgan fingerprint density at radius 2 is 1.89 bits per heavy atom. The highest BCUT2D eigenvalue weighted by Gasteiger charge is 2.22. The molecule has 3 N–H and O–H groups in total. The first kappa shape index (κ1) is 26.2. The van der Waals surface area contributed by atoms with Gasteiger partial charge in [-0.15, -0.1) is 6.42 Å². The monoisotopic (exact) mass is 507 g/mol. The van der Waals surface area contributed by atoms with Gasteiger partial charge in [-0.05, 0) is 43.3 Å². The summed E-state index contributed by atoms with van der Waals surface area (Å²) in [5.74, 6) is 0.589. The Labute approximate surface area is 212 Å². The summed E-state index contributed by atoms with van der Waals surface area (Å²) >= 11 is 5.84. The largest absolute Gasteiger partial charge is 0.495 e. The number of rotatable bonds is 7. The maximum Gasteiger partial charge on any atom is 0.259 e. The molecule has 0 bridgehead atoms. The zero-order valence-corrected chi connectivity index (χ0v) is 20.5. The van der Waals surface area contributed by atoms with E-state index in [-0.39, 0.29) is 34.2 Å². The minimum atomic E-state index is -0.824. The van der Waals surface area contributed by atoms with Crippen molar-refractivity contribution in [2.75, 3.05) is 31.3 Å². The van der Waals surface area contributed by atoms with Crippen molar-refractivity contribution in [2.45, 2.75) is 6.92 Å². The summed E-state index contributed by atoms with van der Waals surface area (Å²) in [5.41, 5.74) is 0.346. The number of nitrogens with zero attached hydrogens (tertiary/aromatic N) is 2.